The Balaban J connectivity index is 1.19. The Morgan fingerprint density at radius 3 is 2.31 bits per heavy atom. The molecule has 1 amide bonds. The first-order valence-electron chi connectivity index (χ1n) is 13.0. The van der Waals surface area contributed by atoms with E-state index in [0.29, 0.717) is 44.7 Å². The summed E-state index contributed by atoms with van der Waals surface area (Å²) >= 11 is 0. The van der Waals surface area contributed by atoms with E-state index in [-0.39, 0.29) is 23.1 Å². The summed E-state index contributed by atoms with van der Waals surface area (Å²) in [4.78, 5) is 24.8. The minimum Gasteiger partial charge on any atom is -0.446 e. The van der Waals surface area contributed by atoms with Crippen LogP contribution in [0.3, 0.4) is 0 Å². The number of anilines is 1. The number of carbonyl (C=O) groups is 1. The van der Waals surface area contributed by atoms with Crippen LogP contribution in [0.4, 0.5) is 23.9 Å². The molecule has 1 saturated heterocycles. The van der Waals surface area contributed by atoms with Gasteiger partial charge in [-0.2, -0.15) is 17.5 Å². The number of alkyl carbamates (subject to hydrolysis) is 1. The van der Waals surface area contributed by atoms with Crippen molar-refractivity contribution in [3.8, 4) is 0 Å². The summed E-state index contributed by atoms with van der Waals surface area (Å²) in [6, 6.07) is -1.01. The van der Waals surface area contributed by atoms with E-state index in [1.807, 2.05) is 0 Å². The van der Waals surface area contributed by atoms with Gasteiger partial charge in [-0.1, -0.05) is 0 Å². The van der Waals surface area contributed by atoms with E-state index in [1.165, 1.54) is 23.8 Å². The monoisotopic (exact) mass is 573 g/mol. The van der Waals surface area contributed by atoms with Crippen molar-refractivity contribution < 1.29 is 31.1 Å². The average Bonchev–Trinajstić information content (AvgIpc) is 3.31. The Morgan fingerprint density at radius 2 is 1.74 bits per heavy atom. The lowest BCUT2D eigenvalue weighted by Crippen LogP contribution is -2.42. The number of nitrogens with zero attached hydrogens (tertiary/aromatic N) is 5. The van der Waals surface area contributed by atoms with Crippen LogP contribution in [0.1, 0.15) is 63.4 Å². The van der Waals surface area contributed by atoms with Crippen LogP contribution in [0, 0.1) is 0 Å². The molecule has 2 aromatic heterocycles. The molecular weight excluding hydrogens is 539 g/mol. The molecule has 2 fully saturated rings. The fourth-order valence-corrected chi connectivity index (χ4v) is 6.44. The molecule has 1 aliphatic heterocycles. The van der Waals surface area contributed by atoms with Gasteiger partial charge in [-0.05, 0) is 56.9 Å². The summed E-state index contributed by atoms with van der Waals surface area (Å²) in [5.74, 6) is 0.678. The number of imidazole rings is 1. The van der Waals surface area contributed by atoms with Gasteiger partial charge < -0.3 is 19.9 Å². The second-order valence-electron chi connectivity index (χ2n) is 10.3. The number of hydrogen-bond donors (Lipinski definition) is 2. The maximum Gasteiger partial charge on any atom is 0.407 e. The van der Waals surface area contributed by atoms with Crippen LogP contribution in [0.25, 0.3) is 0 Å². The van der Waals surface area contributed by atoms with Crippen LogP contribution < -0.4 is 10.6 Å². The van der Waals surface area contributed by atoms with E-state index in [2.05, 4.69) is 25.6 Å². The summed E-state index contributed by atoms with van der Waals surface area (Å²) < 4.78 is 71.2. The predicted octanol–water partition coefficient (Wildman–Crippen LogP) is 3.57. The number of sulfonamides is 1. The number of carbonyl (C=O) groups excluding carboxylic acids is 1. The Hall–Kier alpha value is -2.94. The molecule has 2 aromatic rings. The Bertz CT molecular complexity index is 1210. The summed E-state index contributed by atoms with van der Waals surface area (Å²) in [5.41, 5.74) is 0.971. The normalized spacial score (nSPS) is 22.3. The fourth-order valence-electron chi connectivity index (χ4n) is 5.00. The van der Waals surface area contributed by atoms with E-state index in [1.54, 1.807) is 24.0 Å². The van der Waals surface area contributed by atoms with Crippen LogP contribution in [0.2, 0.25) is 0 Å². The molecule has 2 aliphatic rings. The van der Waals surface area contributed by atoms with Crippen LogP contribution in [-0.2, 0) is 21.8 Å². The number of piperidine rings is 1. The molecule has 2 N–H and O–H groups in total. The molecule has 0 bridgehead atoms. The number of alkyl halides is 3. The molecule has 11 nitrogen and oxygen atoms in total. The minimum atomic E-state index is -4.35. The number of hydrogen-bond acceptors (Lipinski definition) is 8. The van der Waals surface area contributed by atoms with Crippen molar-refractivity contribution in [1.82, 2.24) is 29.1 Å². The SMILES string of the molecule is C[C@@H](CC(F)(F)F)NC(=O)OC1CCC(c2cnc(NC3CCN(S(=O)(=O)c4cn(C)cn4)CC3)nc2)CC1. The van der Waals surface area contributed by atoms with Gasteiger partial charge in [0.25, 0.3) is 10.0 Å². The van der Waals surface area contributed by atoms with Gasteiger partial charge in [0.05, 0.1) is 12.7 Å². The van der Waals surface area contributed by atoms with Gasteiger partial charge in [-0.15, -0.1) is 0 Å². The molecule has 1 aliphatic carbocycles. The molecule has 216 valence electrons. The topological polar surface area (TPSA) is 131 Å². The molecule has 0 radical (unpaired) electrons. The first-order valence-corrected chi connectivity index (χ1v) is 14.4. The van der Waals surface area contributed by atoms with Gasteiger partial charge in [0.15, 0.2) is 5.03 Å². The standard InChI is InChI=1S/C24H34F3N7O4S/c1-16(11-24(25,26)27)31-23(35)38-20-5-3-17(4-6-20)18-12-28-22(29-13-18)32-19-7-9-34(10-8-19)39(36,37)21-14-33(2)15-30-21/h12-17,19-20H,3-11H2,1-2H3,(H,31,35)(H,28,29,32)/t16-,17?,20?/m0/s1. The van der Waals surface area contributed by atoms with E-state index in [4.69, 9.17) is 4.74 Å². The molecule has 39 heavy (non-hydrogen) atoms. The maximum absolute atomic E-state index is 12.8. The van der Waals surface area contributed by atoms with Crippen LogP contribution in [-0.4, -0.2) is 75.8 Å². The predicted molar refractivity (Wildman–Crippen MR) is 135 cm³/mol. The molecule has 0 unspecified atom stereocenters. The number of ether oxygens (including phenoxy) is 1. The minimum absolute atomic E-state index is 0.0450. The summed E-state index contributed by atoms with van der Waals surface area (Å²) in [5, 5.41) is 5.58. The number of nitrogens with one attached hydrogen (secondary N) is 2. The zero-order valence-electron chi connectivity index (χ0n) is 21.9. The molecule has 4 rings (SSSR count). The van der Waals surface area contributed by atoms with E-state index in [0.717, 1.165) is 18.4 Å². The van der Waals surface area contributed by atoms with Crippen LogP contribution in [0.15, 0.2) is 29.9 Å². The van der Waals surface area contributed by atoms with Gasteiger partial charge in [-0.3, -0.25) is 0 Å². The highest BCUT2D eigenvalue weighted by Gasteiger charge is 2.33. The van der Waals surface area contributed by atoms with E-state index < -0.39 is 34.8 Å². The van der Waals surface area contributed by atoms with Gasteiger partial charge in [0, 0.05) is 50.8 Å². The van der Waals surface area contributed by atoms with Gasteiger partial charge in [-0.25, -0.2) is 28.2 Å². The van der Waals surface area contributed by atoms with Crippen LogP contribution in [0.5, 0.6) is 0 Å². The third kappa shape index (κ3) is 8.03. The quantitative estimate of drug-likeness (QED) is 0.490. The van der Waals surface area contributed by atoms with Gasteiger partial charge in [0.1, 0.15) is 6.10 Å². The molecule has 0 aromatic carbocycles. The smallest absolute Gasteiger partial charge is 0.407 e. The lowest BCUT2D eigenvalue weighted by molar-refractivity contribution is -0.138. The number of aromatic nitrogens is 4. The number of aryl methyl sites for hydroxylation is 1. The van der Waals surface area contributed by atoms with Gasteiger partial charge >= 0.3 is 12.3 Å². The number of rotatable bonds is 8. The van der Waals surface area contributed by atoms with Crippen molar-refractivity contribution in [3.63, 3.8) is 0 Å². The van der Waals surface area contributed by atoms with Crippen molar-refractivity contribution in [1.29, 1.82) is 0 Å². The molecule has 15 heteroatoms. The second-order valence-corrected chi connectivity index (χ2v) is 12.2. The van der Waals surface area contributed by atoms with Gasteiger partial charge in [0.2, 0.25) is 5.95 Å². The van der Waals surface area contributed by atoms with E-state index in [9.17, 15) is 26.4 Å². The van der Waals surface area contributed by atoms with Crippen molar-refractivity contribution in [3.05, 3.63) is 30.5 Å². The third-order valence-electron chi connectivity index (χ3n) is 7.07. The lowest BCUT2D eigenvalue weighted by Gasteiger charge is -2.31. The highest BCUT2D eigenvalue weighted by atomic mass is 32.2. The third-order valence-corrected chi connectivity index (χ3v) is 8.85. The Labute approximate surface area is 225 Å². The Morgan fingerprint density at radius 1 is 1.10 bits per heavy atom. The molecule has 1 saturated carbocycles. The maximum atomic E-state index is 12.8. The molecule has 1 atom stereocenters. The molecule has 0 spiro atoms. The average molecular weight is 574 g/mol. The first kappa shape index (κ1) is 29.1. The molecule has 3 heterocycles. The first-order chi connectivity index (χ1) is 18.4. The molecular formula is C24H34F3N7O4S. The van der Waals surface area contributed by atoms with Crippen molar-refractivity contribution in [2.24, 2.45) is 7.05 Å². The van der Waals surface area contributed by atoms with Crippen molar-refractivity contribution in [2.45, 2.75) is 87.2 Å². The second kappa shape index (κ2) is 12.1. The Kier molecular flexibility index (Phi) is 8.99. The lowest BCUT2D eigenvalue weighted by atomic mass is 9.84. The summed E-state index contributed by atoms with van der Waals surface area (Å²) in [7, 11) is -1.88. The van der Waals surface area contributed by atoms with Crippen LogP contribution >= 0.6 is 0 Å². The summed E-state index contributed by atoms with van der Waals surface area (Å²) in [6.07, 6.45) is 3.81. The fraction of sp³-hybridized carbons (Fsp3) is 0.667. The zero-order valence-corrected chi connectivity index (χ0v) is 22.7. The highest BCUT2D eigenvalue weighted by Crippen LogP contribution is 2.34. The van der Waals surface area contributed by atoms with Crippen molar-refractivity contribution in [2.75, 3.05) is 18.4 Å². The van der Waals surface area contributed by atoms with Crippen molar-refractivity contribution >= 4 is 22.1 Å². The zero-order chi connectivity index (χ0) is 28.2. The summed E-state index contributed by atoms with van der Waals surface area (Å²) in [6.45, 7) is 2.04. The number of amides is 1. The van der Waals surface area contributed by atoms with E-state index >= 15 is 0 Å². The highest BCUT2D eigenvalue weighted by molar-refractivity contribution is 7.89. The largest absolute Gasteiger partial charge is 0.446 e. The number of halogens is 3.